The molecule has 0 saturated carbocycles. The number of nitrogens with zero attached hydrogens (tertiary/aromatic N) is 2. The van der Waals surface area contributed by atoms with Crippen LogP contribution in [-0.4, -0.2) is 22.0 Å². The Labute approximate surface area is 182 Å². The van der Waals surface area contributed by atoms with Crippen molar-refractivity contribution in [1.82, 2.24) is 9.38 Å². The van der Waals surface area contributed by atoms with Gasteiger partial charge < -0.3 is 4.74 Å². The maximum atomic E-state index is 12.3. The summed E-state index contributed by atoms with van der Waals surface area (Å²) in [6.45, 7) is 2.02. The average molecular weight is 446 g/mol. The third-order valence-corrected chi connectivity index (χ3v) is 5.25. The van der Waals surface area contributed by atoms with Crippen molar-refractivity contribution in [3.05, 3.63) is 81.4 Å². The van der Waals surface area contributed by atoms with E-state index in [1.54, 1.807) is 35.7 Å². The van der Waals surface area contributed by atoms with Crippen LogP contribution in [0.3, 0.4) is 0 Å². The van der Waals surface area contributed by atoms with Crippen LogP contribution in [0.4, 0.5) is 0 Å². The normalized spacial score (nSPS) is 11.0. The van der Waals surface area contributed by atoms with E-state index in [0.717, 1.165) is 11.1 Å². The van der Waals surface area contributed by atoms with Crippen LogP contribution in [0.25, 0.3) is 28.2 Å². The third kappa shape index (κ3) is 3.71. The molecule has 0 saturated heterocycles. The summed E-state index contributed by atoms with van der Waals surface area (Å²) in [5, 5.41) is 1.33. The van der Waals surface area contributed by atoms with Crippen LogP contribution in [0.1, 0.15) is 17.3 Å². The Morgan fingerprint density at radius 1 is 1.03 bits per heavy atom. The highest BCUT2D eigenvalue weighted by Gasteiger charge is 2.21. The molecule has 146 valence electrons. The first-order valence-electron chi connectivity index (χ1n) is 8.89. The van der Waals surface area contributed by atoms with Crippen molar-refractivity contribution in [1.29, 1.82) is 0 Å². The Bertz CT molecular complexity index is 1220. The second kappa shape index (κ2) is 8.07. The molecule has 2 aromatic carbocycles. The largest absolute Gasteiger partial charge is 0.462 e. The number of rotatable bonds is 4. The molecule has 29 heavy (non-hydrogen) atoms. The molecule has 0 aliphatic rings. The van der Waals surface area contributed by atoms with E-state index in [4.69, 9.17) is 44.5 Å². The van der Waals surface area contributed by atoms with Gasteiger partial charge in [-0.2, -0.15) is 0 Å². The van der Waals surface area contributed by atoms with Gasteiger partial charge in [0.1, 0.15) is 0 Å². The van der Waals surface area contributed by atoms with Gasteiger partial charge >= 0.3 is 5.97 Å². The minimum absolute atomic E-state index is 0.267. The summed E-state index contributed by atoms with van der Waals surface area (Å²) in [6.07, 6.45) is 1.67. The highest BCUT2D eigenvalue weighted by molar-refractivity contribution is 6.36. The maximum Gasteiger partial charge on any atom is 0.339 e. The molecule has 7 heteroatoms. The van der Waals surface area contributed by atoms with Crippen LogP contribution in [0.5, 0.6) is 0 Å². The van der Waals surface area contributed by atoms with Gasteiger partial charge in [-0.05, 0) is 31.2 Å². The van der Waals surface area contributed by atoms with Crippen LogP contribution in [-0.2, 0) is 4.74 Å². The molecule has 2 heterocycles. The summed E-state index contributed by atoms with van der Waals surface area (Å²) in [6, 6.07) is 16.5. The van der Waals surface area contributed by atoms with Gasteiger partial charge in [-0.25, -0.2) is 9.78 Å². The molecule has 4 rings (SSSR count). The molecule has 0 unspecified atom stereocenters. The topological polar surface area (TPSA) is 43.6 Å². The summed E-state index contributed by atoms with van der Waals surface area (Å²) in [5.41, 5.74) is 3.86. The Morgan fingerprint density at radius 2 is 1.79 bits per heavy atom. The van der Waals surface area contributed by atoms with Gasteiger partial charge in [0.15, 0.2) is 5.65 Å². The molecular weight excluding hydrogens is 431 g/mol. The number of hydrogen-bond acceptors (Lipinski definition) is 3. The van der Waals surface area contributed by atoms with Gasteiger partial charge in [0.05, 0.1) is 33.6 Å². The molecule has 4 nitrogen and oxygen atoms in total. The third-order valence-electron chi connectivity index (χ3n) is 4.42. The van der Waals surface area contributed by atoms with Crippen LogP contribution in [0, 0.1) is 0 Å². The first-order chi connectivity index (χ1) is 14.0. The SMILES string of the molecule is CCOC(=O)c1cc(Cl)c2nc(-c3ccccc3)c(-c3ccc(Cl)cc3Cl)n2c1. The standard InChI is InChI=1S/C22H15Cl3N2O2/c1-2-29-22(28)14-10-18(25)21-26-19(13-6-4-3-5-7-13)20(27(21)12-14)16-9-8-15(23)11-17(16)24/h3-12H,2H2,1H3. The molecule has 0 amide bonds. The van der Waals surface area contributed by atoms with Crippen LogP contribution >= 0.6 is 34.8 Å². The lowest BCUT2D eigenvalue weighted by molar-refractivity contribution is 0.0526. The van der Waals surface area contributed by atoms with E-state index in [2.05, 4.69) is 0 Å². The summed E-state index contributed by atoms with van der Waals surface area (Å²) in [4.78, 5) is 17.1. The molecule has 0 atom stereocenters. The number of pyridine rings is 1. The number of benzene rings is 2. The van der Waals surface area contributed by atoms with Gasteiger partial charge in [-0.15, -0.1) is 0 Å². The lowest BCUT2D eigenvalue weighted by atomic mass is 10.0. The number of halogens is 3. The molecule has 0 spiro atoms. The van der Waals surface area contributed by atoms with Crippen molar-refractivity contribution in [2.45, 2.75) is 6.92 Å². The summed E-state index contributed by atoms with van der Waals surface area (Å²) in [7, 11) is 0. The number of ether oxygens (including phenoxy) is 1. The fourth-order valence-corrected chi connectivity index (χ4v) is 3.92. The maximum absolute atomic E-state index is 12.3. The second-order valence-corrected chi connectivity index (χ2v) is 7.54. The van der Waals surface area contributed by atoms with E-state index >= 15 is 0 Å². The molecule has 0 radical (unpaired) electrons. The smallest absolute Gasteiger partial charge is 0.339 e. The molecule has 0 aliphatic carbocycles. The molecule has 4 aromatic rings. The van der Waals surface area contributed by atoms with E-state index in [9.17, 15) is 4.79 Å². The zero-order valence-corrected chi connectivity index (χ0v) is 17.6. The van der Waals surface area contributed by atoms with Crippen molar-refractivity contribution in [3.63, 3.8) is 0 Å². The highest BCUT2D eigenvalue weighted by atomic mass is 35.5. The quantitative estimate of drug-likeness (QED) is 0.324. The molecule has 0 fully saturated rings. The Hall–Kier alpha value is -2.53. The van der Waals surface area contributed by atoms with E-state index in [1.165, 1.54) is 0 Å². The first kappa shape index (κ1) is 19.8. The van der Waals surface area contributed by atoms with Gasteiger partial charge in [0, 0.05) is 22.3 Å². The van der Waals surface area contributed by atoms with E-state index < -0.39 is 5.97 Å². The number of aromatic nitrogens is 2. The minimum atomic E-state index is -0.459. The molecule has 0 N–H and O–H groups in total. The van der Waals surface area contributed by atoms with Gasteiger partial charge in [-0.3, -0.25) is 4.40 Å². The summed E-state index contributed by atoms with van der Waals surface area (Å²) >= 11 is 19.1. The fraction of sp³-hybridized carbons (Fsp3) is 0.0909. The van der Waals surface area contributed by atoms with Crippen molar-refractivity contribution in [3.8, 4) is 22.5 Å². The minimum Gasteiger partial charge on any atom is -0.462 e. The van der Waals surface area contributed by atoms with Gasteiger partial charge in [-0.1, -0.05) is 65.1 Å². The highest BCUT2D eigenvalue weighted by Crippen LogP contribution is 2.39. The lowest BCUT2D eigenvalue weighted by Crippen LogP contribution is -2.06. The first-order valence-corrected chi connectivity index (χ1v) is 10.0. The summed E-state index contributed by atoms with van der Waals surface area (Å²) < 4.78 is 6.90. The predicted molar refractivity (Wildman–Crippen MR) is 117 cm³/mol. The Kier molecular flexibility index (Phi) is 5.50. The average Bonchev–Trinajstić information content (AvgIpc) is 3.09. The number of hydrogen-bond donors (Lipinski definition) is 0. The van der Waals surface area contributed by atoms with Gasteiger partial charge in [0.25, 0.3) is 0 Å². The Balaban J connectivity index is 2.07. The van der Waals surface area contributed by atoms with Crippen molar-refractivity contribution in [2.24, 2.45) is 0 Å². The number of carbonyl (C=O) groups is 1. The van der Waals surface area contributed by atoms with E-state index in [-0.39, 0.29) is 6.61 Å². The molecule has 2 aromatic heterocycles. The van der Waals surface area contributed by atoms with Crippen molar-refractivity contribution in [2.75, 3.05) is 6.61 Å². The summed E-state index contributed by atoms with van der Waals surface area (Å²) in [5.74, 6) is -0.459. The van der Waals surface area contributed by atoms with Crippen molar-refractivity contribution >= 4 is 46.4 Å². The van der Waals surface area contributed by atoms with E-state index in [1.807, 2.05) is 36.4 Å². The number of carbonyl (C=O) groups excluding carboxylic acids is 1. The van der Waals surface area contributed by atoms with Crippen molar-refractivity contribution < 1.29 is 9.53 Å². The Morgan fingerprint density at radius 3 is 2.48 bits per heavy atom. The zero-order chi connectivity index (χ0) is 20.5. The van der Waals surface area contributed by atoms with Crippen LogP contribution < -0.4 is 0 Å². The van der Waals surface area contributed by atoms with Gasteiger partial charge in [0.2, 0.25) is 0 Å². The lowest BCUT2D eigenvalue weighted by Gasteiger charge is -2.10. The number of esters is 1. The monoisotopic (exact) mass is 444 g/mol. The van der Waals surface area contributed by atoms with Crippen LogP contribution in [0.2, 0.25) is 15.1 Å². The fourth-order valence-electron chi connectivity index (χ4n) is 3.17. The molecule has 0 aliphatic heterocycles. The second-order valence-electron chi connectivity index (χ2n) is 6.29. The zero-order valence-electron chi connectivity index (χ0n) is 15.3. The van der Waals surface area contributed by atoms with E-state index in [0.29, 0.717) is 37.7 Å². The van der Waals surface area contributed by atoms with Crippen LogP contribution in [0.15, 0.2) is 60.8 Å². The number of fused-ring (bicyclic) bond motifs is 1. The number of imidazole rings is 1. The predicted octanol–water partition coefficient (Wildman–Crippen LogP) is 6.81. The molecular formula is C22H15Cl3N2O2. The molecule has 0 bridgehead atoms.